The number of carbonyl (C=O) groups excluding carboxylic acids is 2. The molecule has 0 aromatic heterocycles. The van der Waals surface area contributed by atoms with Crippen molar-refractivity contribution in [1.82, 2.24) is 10.6 Å². The van der Waals surface area contributed by atoms with Gasteiger partial charge in [-0.15, -0.1) is 0 Å². The van der Waals surface area contributed by atoms with Gasteiger partial charge in [0.1, 0.15) is 12.4 Å². The number of hydrogen-bond donors (Lipinski definition) is 3. The van der Waals surface area contributed by atoms with Gasteiger partial charge < -0.3 is 21.1 Å². The van der Waals surface area contributed by atoms with Crippen molar-refractivity contribution >= 4 is 11.8 Å². The van der Waals surface area contributed by atoms with Gasteiger partial charge in [-0.3, -0.25) is 9.59 Å². The van der Waals surface area contributed by atoms with Gasteiger partial charge in [0.25, 0.3) is 5.91 Å². The molecule has 1 aliphatic rings. The minimum absolute atomic E-state index is 0.213. The molecule has 0 saturated carbocycles. The topological polar surface area (TPSA) is 93.5 Å². The van der Waals surface area contributed by atoms with Crippen LogP contribution in [0.25, 0.3) is 0 Å². The van der Waals surface area contributed by atoms with Gasteiger partial charge in [-0.25, -0.2) is 0 Å². The molecular weight excluding hydrogens is 282 g/mol. The van der Waals surface area contributed by atoms with Crippen LogP contribution in [-0.2, 0) is 4.79 Å². The fourth-order valence-corrected chi connectivity index (χ4v) is 2.07. The number of carbonyl (C=O) groups is 2. The lowest BCUT2D eigenvalue weighted by atomic mass is 10.1. The van der Waals surface area contributed by atoms with Gasteiger partial charge in [-0.2, -0.15) is 0 Å². The van der Waals surface area contributed by atoms with Crippen molar-refractivity contribution in [2.75, 3.05) is 13.2 Å². The first-order valence-electron chi connectivity index (χ1n) is 7.29. The summed E-state index contributed by atoms with van der Waals surface area (Å²) in [6.45, 7) is 2.46. The summed E-state index contributed by atoms with van der Waals surface area (Å²) in [5, 5.41) is 5.57. The Bertz CT molecular complexity index is 572. The van der Waals surface area contributed by atoms with Gasteiger partial charge in [0.05, 0.1) is 11.6 Å². The van der Waals surface area contributed by atoms with Crippen LogP contribution < -0.4 is 21.1 Å². The van der Waals surface area contributed by atoms with Crippen LogP contribution in [0.3, 0.4) is 0 Å². The maximum atomic E-state index is 12.3. The molecule has 0 aliphatic carbocycles. The molecule has 22 heavy (non-hydrogen) atoms. The largest absolute Gasteiger partial charge is 0.489 e. The molecule has 118 valence electrons. The first-order chi connectivity index (χ1) is 10.6. The lowest BCUT2D eigenvalue weighted by molar-refractivity contribution is -0.122. The van der Waals surface area contributed by atoms with E-state index in [-0.39, 0.29) is 17.9 Å². The first kappa shape index (κ1) is 16.0. The van der Waals surface area contributed by atoms with Crippen molar-refractivity contribution in [2.45, 2.75) is 25.4 Å². The predicted octanol–water partition coefficient (Wildman–Crippen LogP) is 0.587. The average molecular weight is 303 g/mol. The van der Waals surface area contributed by atoms with Gasteiger partial charge in [-0.1, -0.05) is 24.3 Å². The summed E-state index contributed by atoms with van der Waals surface area (Å²) in [5.41, 5.74) is 6.26. The van der Waals surface area contributed by atoms with E-state index in [1.54, 1.807) is 24.3 Å². The molecule has 6 heteroatoms. The van der Waals surface area contributed by atoms with Crippen molar-refractivity contribution in [3.8, 4) is 5.75 Å². The number of amides is 2. The fourth-order valence-electron chi connectivity index (χ4n) is 2.07. The Kier molecular flexibility index (Phi) is 5.55. The highest BCUT2D eigenvalue weighted by atomic mass is 16.5. The van der Waals surface area contributed by atoms with Crippen LogP contribution in [0.4, 0.5) is 0 Å². The van der Waals surface area contributed by atoms with E-state index >= 15 is 0 Å². The minimum Gasteiger partial charge on any atom is -0.489 e. The standard InChI is InChI=1S/C16H21N3O3/c1-11-10-18-16(21)13(17)7-4-5-9-22-14-8-3-2-6-12(14)15(20)19-11/h2-6,8,11,13H,7,9-10,17H2,1H3,(H,18,21)(H,19,20)/b5-4-/t11-,13+/m0/s1. The van der Waals surface area contributed by atoms with E-state index < -0.39 is 6.04 Å². The molecule has 4 N–H and O–H groups in total. The molecule has 0 unspecified atom stereocenters. The summed E-state index contributed by atoms with van der Waals surface area (Å²) in [4.78, 5) is 24.1. The number of para-hydroxylation sites is 1. The molecule has 2 amide bonds. The normalized spacial score (nSPS) is 25.0. The molecular formula is C16H21N3O3. The lowest BCUT2D eigenvalue weighted by Gasteiger charge is -2.18. The molecule has 0 bridgehead atoms. The summed E-state index contributed by atoms with van der Waals surface area (Å²) in [7, 11) is 0. The van der Waals surface area contributed by atoms with E-state index in [0.717, 1.165) is 0 Å². The van der Waals surface area contributed by atoms with Gasteiger partial charge in [0, 0.05) is 12.6 Å². The Morgan fingerprint density at radius 2 is 2.00 bits per heavy atom. The van der Waals surface area contributed by atoms with Crippen molar-refractivity contribution in [3.05, 3.63) is 42.0 Å². The molecule has 1 aromatic carbocycles. The molecule has 0 saturated heterocycles. The van der Waals surface area contributed by atoms with Crippen LogP contribution in [0.15, 0.2) is 36.4 Å². The monoisotopic (exact) mass is 303 g/mol. The second kappa shape index (κ2) is 7.61. The average Bonchev–Trinajstić information content (AvgIpc) is 2.51. The van der Waals surface area contributed by atoms with E-state index in [4.69, 9.17) is 10.5 Å². The third-order valence-corrected chi connectivity index (χ3v) is 3.32. The zero-order chi connectivity index (χ0) is 15.9. The SMILES string of the molecule is C[C@H]1CNC(=O)[C@H](N)C/C=C\COc2ccccc2C(=O)N1. The van der Waals surface area contributed by atoms with E-state index in [2.05, 4.69) is 10.6 Å². The molecule has 0 fully saturated rings. The van der Waals surface area contributed by atoms with E-state index in [1.807, 2.05) is 19.1 Å². The first-order valence-corrected chi connectivity index (χ1v) is 7.29. The van der Waals surface area contributed by atoms with Crippen LogP contribution >= 0.6 is 0 Å². The summed E-state index contributed by atoms with van der Waals surface area (Å²) >= 11 is 0. The number of ether oxygens (including phenoxy) is 1. The second-order valence-electron chi connectivity index (χ2n) is 5.24. The van der Waals surface area contributed by atoms with Gasteiger partial charge in [0.15, 0.2) is 0 Å². The van der Waals surface area contributed by atoms with Crippen LogP contribution in [0.1, 0.15) is 23.7 Å². The number of fused-ring (bicyclic) bond motifs is 1. The Hall–Kier alpha value is -2.34. The Labute approximate surface area is 129 Å². The molecule has 1 aromatic rings. The minimum atomic E-state index is -0.602. The fraction of sp³-hybridized carbons (Fsp3) is 0.375. The van der Waals surface area contributed by atoms with E-state index in [0.29, 0.717) is 30.9 Å². The molecule has 2 atom stereocenters. The van der Waals surface area contributed by atoms with Crippen LogP contribution in [0, 0.1) is 0 Å². The van der Waals surface area contributed by atoms with Crippen LogP contribution in [0.5, 0.6) is 5.75 Å². The Morgan fingerprint density at radius 3 is 2.82 bits per heavy atom. The van der Waals surface area contributed by atoms with Crippen molar-refractivity contribution in [2.24, 2.45) is 5.73 Å². The number of hydrogen-bond acceptors (Lipinski definition) is 4. The molecule has 2 rings (SSSR count). The number of benzene rings is 1. The molecule has 1 aliphatic heterocycles. The zero-order valence-electron chi connectivity index (χ0n) is 12.5. The second-order valence-corrected chi connectivity index (χ2v) is 5.24. The highest BCUT2D eigenvalue weighted by Gasteiger charge is 2.17. The van der Waals surface area contributed by atoms with Crippen molar-refractivity contribution in [1.29, 1.82) is 0 Å². The quantitative estimate of drug-likeness (QED) is 0.611. The van der Waals surface area contributed by atoms with E-state index in [1.165, 1.54) is 0 Å². The van der Waals surface area contributed by atoms with Crippen LogP contribution in [0.2, 0.25) is 0 Å². The third kappa shape index (κ3) is 4.33. The maximum Gasteiger partial charge on any atom is 0.255 e. The summed E-state index contributed by atoms with van der Waals surface area (Å²) in [6.07, 6.45) is 4.04. The molecule has 6 nitrogen and oxygen atoms in total. The lowest BCUT2D eigenvalue weighted by Crippen LogP contribution is -2.46. The molecule has 0 radical (unpaired) electrons. The van der Waals surface area contributed by atoms with Crippen LogP contribution in [-0.4, -0.2) is 37.0 Å². The van der Waals surface area contributed by atoms with Gasteiger partial charge in [-0.05, 0) is 25.5 Å². The predicted molar refractivity (Wildman–Crippen MR) is 83.6 cm³/mol. The Balaban J connectivity index is 2.18. The zero-order valence-corrected chi connectivity index (χ0v) is 12.5. The summed E-state index contributed by atoms with van der Waals surface area (Å²) in [5.74, 6) is 0.0639. The van der Waals surface area contributed by atoms with Gasteiger partial charge >= 0.3 is 0 Å². The van der Waals surface area contributed by atoms with Crippen molar-refractivity contribution < 1.29 is 14.3 Å². The van der Waals surface area contributed by atoms with E-state index in [9.17, 15) is 9.59 Å². The third-order valence-electron chi connectivity index (χ3n) is 3.32. The summed E-state index contributed by atoms with van der Waals surface area (Å²) in [6, 6.07) is 6.25. The Morgan fingerprint density at radius 1 is 1.23 bits per heavy atom. The van der Waals surface area contributed by atoms with Crippen molar-refractivity contribution in [3.63, 3.8) is 0 Å². The molecule has 1 heterocycles. The maximum absolute atomic E-state index is 12.3. The van der Waals surface area contributed by atoms with Gasteiger partial charge in [0.2, 0.25) is 5.91 Å². The highest BCUT2D eigenvalue weighted by Crippen LogP contribution is 2.18. The number of nitrogens with one attached hydrogen (secondary N) is 2. The number of rotatable bonds is 0. The summed E-state index contributed by atoms with van der Waals surface area (Å²) < 4.78 is 5.61. The smallest absolute Gasteiger partial charge is 0.255 e. The number of nitrogens with two attached hydrogens (primary N) is 1. The molecule has 0 spiro atoms. The highest BCUT2D eigenvalue weighted by molar-refractivity contribution is 5.97.